The van der Waals surface area contributed by atoms with Gasteiger partial charge < -0.3 is 9.47 Å². The van der Waals surface area contributed by atoms with Gasteiger partial charge in [0.1, 0.15) is 0 Å². The van der Waals surface area contributed by atoms with Crippen molar-refractivity contribution in [3.05, 3.63) is 89.3 Å². The van der Waals surface area contributed by atoms with Crippen LogP contribution in [0.1, 0.15) is 18.1 Å². The first kappa shape index (κ1) is 19.4. The number of esters is 2. The fourth-order valence-corrected chi connectivity index (χ4v) is 3.79. The fraction of sp³-hybridized carbons (Fsp3) is 0.125. The molecule has 0 radical (unpaired) electrons. The third kappa shape index (κ3) is 3.12. The van der Waals surface area contributed by atoms with E-state index in [0.717, 1.165) is 28.0 Å². The van der Waals surface area contributed by atoms with Crippen LogP contribution in [0.5, 0.6) is 0 Å². The topological polar surface area (TPSA) is 67.6 Å². The van der Waals surface area contributed by atoms with Crippen LogP contribution in [0.25, 0.3) is 16.7 Å². The highest BCUT2D eigenvalue weighted by molar-refractivity contribution is 6.49. The van der Waals surface area contributed by atoms with Crippen molar-refractivity contribution < 1.29 is 23.7 Å². The van der Waals surface area contributed by atoms with Gasteiger partial charge in [-0.2, -0.15) is 5.43 Å². The summed E-state index contributed by atoms with van der Waals surface area (Å²) < 4.78 is 11.7. The molecule has 4 rings (SSSR count). The molecule has 2 aromatic carbocycles. The minimum atomic E-state index is -0.656. The Kier molecular flexibility index (Phi) is 5.06. The summed E-state index contributed by atoms with van der Waals surface area (Å²) >= 11 is 0. The lowest BCUT2D eigenvalue weighted by molar-refractivity contribution is -0.514. The number of hydrazine groups is 1. The van der Waals surface area contributed by atoms with Gasteiger partial charge in [0.2, 0.25) is 6.20 Å². The third-order valence-corrected chi connectivity index (χ3v) is 5.06. The van der Waals surface area contributed by atoms with E-state index in [9.17, 15) is 9.59 Å². The number of rotatable bonds is 3. The summed E-state index contributed by atoms with van der Waals surface area (Å²) in [4.78, 5) is 26.0. The molecule has 1 N–H and O–H groups in total. The minimum absolute atomic E-state index is 0.0505. The van der Waals surface area contributed by atoms with Crippen LogP contribution >= 0.6 is 0 Å². The maximum absolute atomic E-state index is 13.1. The highest BCUT2D eigenvalue weighted by Crippen LogP contribution is 2.45. The van der Waals surface area contributed by atoms with Crippen molar-refractivity contribution in [2.45, 2.75) is 6.92 Å². The van der Waals surface area contributed by atoms with Crippen LogP contribution in [-0.4, -0.2) is 36.6 Å². The van der Waals surface area contributed by atoms with E-state index in [-0.39, 0.29) is 11.3 Å². The first-order valence-corrected chi connectivity index (χ1v) is 9.45. The van der Waals surface area contributed by atoms with Crippen molar-refractivity contribution in [2.75, 3.05) is 14.2 Å². The molecular formula is C24H21N2O4+. The van der Waals surface area contributed by atoms with Crippen LogP contribution < -0.4 is 5.43 Å². The molecule has 1 heterocycles. The molecule has 6 heteroatoms. The standard InChI is InChI=1S/C24H20N2O4/c1-15-9-8-14-26(25-15)22(24(28)30-3)21(23(27)29-2)20-18-12-6-4-10-16(18)17-11-5-7-13-19(17)20/h4-14H,1-3H3/p+1. The van der Waals surface area contributed by atoms with E-state index in [1.54, 1.807) is 12.3 Å². The second kappa shape index (κ2) is 7.83. The van der Waals surface area contributed by atoms with Crippen LogP contribution in [0, 0.1) is 0 Å². The summed E-state index contributed by atoms with van der Waals surface area (Å²) in [5, 5.41) is 0. The Hall–Kier alpha value is -3.93. The first-order chi connectivity index (χ1) is 14.6. The Morgan fingerprint density at radius 3 is 1.87 bits per heavy atom. The van der Waals surface area contributed by atoms with Gasteiger partial charge in [-0.25, -0.2) is 9.59 Å². The molecule has 0 saturated carbocycles. The number of methoxy groups -OCH3 is 2. The lowest BCUT2D eigenvalue weighted by Gasteiger charge is -2.13. The lowest BCUT2D eigenvalue weighted by Crippen LogP contribution is -2.39. The van der Waals surface area contributed by atoms with Gasteiger partial charge in [0.25, 0.3) is 0 Å². The number of carbonyl (C=O) groups is 2. The van der Waals surface area contributed by atoms with Gasteiger partial charge >= 0.3 is 17.7 Å². The second-order valence-electron chi connectivity index (χ2n) is 6.85. The predicted octanol–water partition coefficient (Wildman–Crippen LogP) is 3.20. The molecule has 150 valence electrons. The maximum Gasteiger partial charge on any atom is 0.407 e. The number of nitrogens with zero attached hydrogens (tertiary/aromatic N) is 1. The van der Waals surface area contributed by atoms with Crippen LogP contribution in [0.3, 0.4) is 0 Å². The monoisotopic (exact) mass is 401 g/mol. The van der Waals surface area contributed by atoms with E-state index in [1.165, 1.54) is 18.9 Å². The molecule has 0 atom stereocenters. The number of hydrogen-bond donors (Lipinski definition) is 1. The predicted molar refractivity (Wildman–Crippen MR) is 113 cm³/mol. The van der Waals surface area contributed by atoms with Crippen molar-refractivity contribution >= 4 is 23.2 Å². The molecule has 0 saturated heterocycles. The summed E-state index contributed by atoms with van der Waals surface area (Å²) in [5.41, 5.74) is 8.41. The zero-order chi connectivity index (χ0) is 21.3. The summed E-state index contributed by atoms with van der Waals surface area (Å²) in [7, 11) is 2.59. The molecule has 0 spiro atoms. The average molecular weight is 401 g/mol. The molecule has 1 aliphatic heterocycles. The molecule has 0 fully saturated rings. The molecule has 1 aliphatic carbocycles. The molecule has 0 aromatic heterocycles. The van der Waals surface area contributed by atoms with Gasteiger partial charge in [0.15, 0.2) is 5.57 Å². The number of benzene rings is 2. The Labute approximate surface area is 174 Å². The van der Waals surface area contributed by atoms with Gasteiger partial charge in [0.05, 0.1) is 19.9 Å². The van der Waals surface area contributed by atoms with E-state index < -0.39 is 11.9 Å². The maximum atomic E-state index is 13.1. The molecule has 30 heavy (non-hydrogen) atoms. The van der Waals surface area contributed by atoms with E-state index >= 15 is 0 Å². The quantitative estimate of drug-likeness (QED) is 0.415. The van der Waals surface area contributed by atoms with Gasteiger partial charge in [-0.3, -0.25) is 0 Å². The van der Waals surface area contributed by atoms with Gasteiger partial charge in [-0.1, -0.05) is 53.2 Å². The van der Waals surface area contributed by atoms with Crippen molar-refractivity contribution in [1.29, 1.82) is 0 Å². The Morgan fingerprint density at radius 2 is 1.37 bits per heavy atom. The van der Waals surface area contributed by atoms with Crippen molar-refractivity contribution in [1.82, 2.24) is 5.43 Å². The second-order valence-corrected chi connectivity index (χ2v) is 6.85. The van der Waals surface area contributed by atoms with Gasteiger partial charge in [-0.05, 0) is 35.3 Å². The molecule has 0 bridgehead atoms. The Morgan fingerprint density at radius 1 is 0.833 bits per heavy atom. The number of nitrogens with one attached hydrogen (secondary N) is 1. The van der Waals surface area contributed by atoms with Crippen molar-refractivity contribution in [3.63, 3.8) is 0 Å². The van der Waals surface area contributed by atoms with Gasteiger partial charge in [-0.15, -0.1) is 0 Å². The minimum Gasteiger partial charge on any atom is -0.465 e. The smallest absolute Gasteiger partial charge is 0.407 e. The Bertz CT molecular complexity index is 1140. The molecule has 0 unspecified atom stereocenters. The van der Waals surface area contributed by atoms with E-state index in [1.807, 2.05) is 61.5 Å². The van der Waals surface area contributed by atoms with E-state index in [4.69, 9.17) is 9.47 Å². The zero-order valence-electron chi connectivity index (χ0n) is 16.9. The van der Waals surface area contributed by atoms with Crippen molar-refractivity contribution in [3.8, 4) is 11.1 Å². The van der Waals surface area contributed by atoms with Crippen molar-refractivity contribution in [2.24, 2.45) is 0 Å². The number of allylic oxidation sites excluding steroid dienone is 3. The highest BCUT2D eigenvalue weighted by atomic mass is 16.5. The normalized spacial score (nSPS) is 15.4. The molecule has 2 aromatic rings. The number of fused-ring (bicyclic) bond motifs is 3. The van der Waals surface area contributed by atoms with Crippen LogP contribution in [-0.2, 0) is 19.1 Å². The van der Waals surface area contributed by atoms with Gasteiger partial charge in [0, 0.05) is 11.6 Å². The number of carbonyl (C=O) groups excluding carboxylic acids is 2. The largest absolute Gasteiger partial charge is 0.465 e. The Balaban J connectivity index is 2.12. The van der Waals surface area contributed by atoms with E-state index in [2.05, 4.69) is 5.43 Å². The number of hydrazone groups is 1. The summed E-state index contributed by atoms with van der Waals surface area (Å²) in [6, 6.07) is 15.6. The SMILES string of the molecule is COC(=O)C(=C1c2ccccc2-c2ccccc21)C(C(=O)OC)=[N+]1C=CC=C(C)N1. The van der Waals surface area contributed by atoms with Crippen LogP contribution in [0.15, 0.2) is 78.2 Å². The van der Waals surface area contributed by atoms with Crippen LogP contribution in [0.4, 0.5) is 0 Å². The molecule has 2 aliphatic rings. The number of hydrogen-bond acceptors (Lipinski definition) is 5. The molecule has 0 amide bonds. The third-order valence-electron chi connectivity index (χ3n) is 5.06. The number of ether oxygens (including phenoxy) is 2. The summed E-state index contributed by atoms with van der Waals surface area (Å²) in [6.07, 6.45) is 5.30. The molecular weight excluding hydrogens is 380 g/mol. The first-order valence-electron chi connectivity index (χ1n) is 9.45. The highest BCUT2D eigenvalue weighted by Gasteiger charge is 2.40. The molecule has 6 nitrogen and oxygen atoms in total. The summed E-state index contributed by atoms with van der Waals surface area (Å²) in [5.74, 6) is -1.28. The zero-order valence-corrected chi connectivity index (χ0v) is 16.9. The summed E-state index contributed by atoms with van der Waals surface area (Å²) in [6.45, 7) is 1.86. The fourth-order valence-electron chi connectivity index (χ4n) is 3.79. The van der Waals surface area contributed by atoms with Crippen LogP contribution in [0.2, 0.25) is 0 Å². The average Bonchev–Trinajstić information content (AvgIpc) is 3.10. The lowest BCUT2D eigenvalue weighted by atomic mass is 9.94. The van der Waals surface area contributed by atoms with E-state index in [0.29, 0.717) is 5.57 Å².